The molecule has 1 amide bonds. The van der Waals surface area contributed by atoms with E-state index in [9.17, 15) is 13.6 Å². The summed E-state index contributed by atoms with van der Waals surface area (Å²) in [6.45, 7) is -0.936. The first kappa shape index (κ1) is 15.0. The lowest BCUT2D eigenvalue weighted by atomic mass is 10.3. The van der Waals surface area contributed by atoms with E-state index < -0.39 is 6.61 Å². The third-order valence-electron chi connectivity index (χ3n) is 3.19. The Bertz CT molecular complexity index is 844. The topological polar surface area (TPSA) is 55.6 Å². The molecule has 5 nitrogen and oxygen atoms in total. The Morgan fingerprint density at radius 2 is 2.00 bits per heavy atom. The number of carbonyl (C=O) groups excluding carboxylic acids is 1. The monoisotopic (exact) mass is 317 g/mol. The van der Waals surface area contributed by atoms with Crippen LogP contribution in [-0.4, -0.2) is 21.9 Å². The molecule has 0 bridgehead atoms. The van der Waals surface area contributed by atoms with Gasteiger partial charge in [0, 0.05) is 18.1 Å². The van der Waals surface area contributed by atoms with Gasteiger partial charge < -0.3 is 14.5 Å². The van der Waals surface area contributed by atoms with Gasteiger partial charge >= 0.3 is 6.61 Å². The van der Waals surface area contributed by atoms with Gasteiger partial charge in [0.25, 0.3) is 5.91 Å². The van der Waals surface area contributed by atoms with Gasteiger partial charge in [-0.15, -0.1) is 0 Å². The Morgan fingerprint density at radius 1 is 1.26 bits per heavy atom. The summed E-state index contributed by atoms with van der Waals surface area (Å²) in [4.78, 5) is 16.4. The number of aromatic nitrogens is 2. The van der Waals surface area contributed by atoms with E-state index in [1.54, 1.807) is 10.6 Å². The molecule has 7 heteroatoms. The van der Waals surface area contributed by atoms with Crippen LogP contribution in [0.2, 0.25) is 0 Å². The molecule has 2 aromatic heterocycles. The van der Waals surface area contributed by atoms with Crippen molar-refractivity contribution < 1.29 is 18.3 Å². The summed E-state index contributed by atoms with van der Waals surface area (Å²) < 4.78 is 30.2. The predicted molar refractivity (Wildman–Crippen MR) is 81.0 cm³/mol. The average Bonchev–Trinajstić information content (AvgIpc) is 2.92. The van der Waals surface area contributed by atoms with Crippen molar-refractivity contribution in [2.75, 3.05) is 5.32 Å². The Labute approximate surface area is 130 Å². The number of nitrogens with zero attached hydrogens (tertiary/aromatic N) is 2. The smallest absolute Gasteiger partial charge is 0.387 e. The number of ether oxygens (including phenoxy) is 1. The van der Waals surface area contributed by atoms with Crippen molar-refractivity contribution in [2.45, 2.75) is 13.5 Å². The standard InChI is InChI=1S/C16H13F2N3O2/c1-10-6-7-21-9-13(20-14(21)8-10)15(22)19-11-2-4-12(5-3-11)23-16(17)18/h2-9,16H,1H3,(H,19,22). The number of alkyl halides is 2. The lowest BCUT2D eigenvalue weighted by Gasteiger charge is -2.06. The molecule has 0 aliphatic carbocycles. The van der Waals surface area contributed by atoms with Crippen LogP contribution >= 0.6 is 0 Å². The van der Waals surface area contributed by atoms with Gasteiger partial charge in [0.15, 0.2) is 0 Å². The maximum Gasteiger partial charge on any atom is 0.387 e. The van der Waals surface area contributed by atoms with Gasteiger partial charge in [-0.05, 0) is 48.9 Å². The minimum atomic E-state index is -2.88. The molecule has 1 aromatic carbocycles. The van der Waals surface area contributed by atoms with E-state index in [0.29, 0.717) is 11.3 Å². The molecule has 0 fully saturated rings. The maximum atomic E-state index is 12.2. The van der Waals surface area contributed by atoms with Crippen molar-refractivity contribution in [1.82, 2.24) is 9.38 Å². The van der Waals surface area contributed by atoms with E-state index in [1.807, 2.05) is 25.3 Å². The summed E-state index contributed by atoms with van der Waals surface area (Å²) in [6.07, 6.45) is 3.45. The Balaban J connectivity index is 1.74. The maximum absolute atomic E-state index is 12.2. The molecule has 0 spiro atoms. The number of aryl methyl sites for hydroxylation is 1. The van der Waals surface area contributed by atoms with Gasteiger partial charge in [-0.2, -0.15) is 8.78 Å². The minimum Gasteiger partial charge on any atom is -0.435 e. The summed E-state index contributed by atoms with van der Waals surface area (Å²) in [6, 6.07) is 9.46. The second-order valence-electron chi connectivity index (χ2n) is 4.95. The molecule has 0 saturated heterocycles. The zero-order valence-electron chi connectivity index (χ0n) is 12.2. The zero-order chi connectivity index (χ0) is 16.4. The van der Waals surface area contributed by atoms with Crippen LogP contribution in [0.4, 0.5) is 14.5 Å². The zero-order valence-corrected chi connectivity index (χ0v) is 12.2. The van der Waals surface area contributed by atoms with Crippen LogP contribution in [-0.2, 0) is 0 Å². The number of halogens is 2. The Hall–Kier alpha value is -2.96. The molecule has 0 aliphatic rings. The predicted octanol–water partition coefficient (Wildman–Crippen LogP) is 3.50. The fraction of sp³-hybridized carbons (Fsp3) is 0.125. The van der Waals surface area contributed by atoms with E-state index in [4.69, 9.17) is 0 Å². The average molecular weight is 317 g/mol. The number of carbonyl (C=O) groups is 1. The number of pyridine rings is 1. The highest BCUT2D eigenvalue weighted by Crippen LogP contribution is 2.18. The van der Waals surface area contributed by atoms with E-state index in [-0.39, 0.29) is 17.4 Å². The molecule has 0 saturated carbocycles. The molecule has 3 aromatic rings. The molecule has 1 N–H and O–H groups in total. The van der Waals surface area contributed by atoms with Crippen molar-refractivity contribution >= 4 is 17.2 Å². The van der Waals surface area contributed by atoms with Crippen LogP contribution in [0.3, 0.4) is 0 Å². The summed E-state index contributed by atoms with van der Waals surface area (Å²) in [5, 5.41) is 2.66. The first-order valence-corrected chi connectivity index (χ1v) is 6.83. The number of amides is 1. The first-order valence-electron chi connectivity index (χ1n) is 6.83. The molecular formula is C16H13F2N3O2. The number of hydrogen-bond donors (Lipinski definition) is 1. The van der Waals surface area contributed by atoms with Gasteiger partial charge in [0.1, 0.15) is 17.1 Å². The van der Waals surface area contributed by atoms with Crippen LogP contribution in [0.15, 0.2) is 48.8 Å². The molecule has 3 rings (SSSR count). The highest BCUT2D eigenvalue weighted by molar-refractivity contribution is 6.03. The van der Waals surface area contributed by atoms with E-state index >= 15 is 0 Å². The lowest BCUT2D eigenvalue weighted by molar-refractivity contribution is -0.0498. The van der Waals surface area contributed by atoms with E-state index in [2.05, 4.69) is 15.0 Å². The fourth-order valence-corrected chi connectivity index (χ4v) is 2.11. The second-order valence-corrected chi connectivity index (χ2v) is 4.95. The van der Waals surface area contributed by atoms with Gasteiger partial charge in [-0.3, -0.25) is 4.79 Å². The molecule has 0 aliphatic heterocycles. The number of anilines is 1. The van der Waals surface area contributed by atoms with E-state index in [0.717, 1.165) is 5.56 Å². The number of fused-ring (bicyclic) bond motifs is 1. The molecule has 2 heterocycles. The Kier molecular flexibility index (Phi) is 3.92. The minimum absolute atomic E-state index is 0.0289. The molecule has 0 unspecified atom stereocenters. The molecule has 23 heavy (non-hydrogen) atoms. The van der Waals surface area contributed by atoms with E-state index in [1.165, 1.54) is 24.3 Å². The van der Waals surface area contributed by atoms with Crippen molar-refractivity contribution in [3.05, 3.63) is 60.0 Å². The van der Waals surface area contributed by atoms with Crippen molar-refractivity contribution in [3.8, 4) is 5.75 Å². The van der Waals surface area contributed by atoms with Gasteiger partial charge in [0.2, 0.25) is 0 Å². The number of hydrogen-bond acceptors (Lipinski definition) is 3. The van der Waals surface area contributed by atoms with Crippen LogP contribution < -0.4 is 10.1 Å². The highest BCUT2D eigenvalue weighted by atomic mass is 19.3. The van der Waals surface area contributed by atoms with Crippen LogP contribution in [0, 0.1) is 6.92 Å². The largest absolute Gasteiger partial charge is 0.435 e. The highest BCUT2D eigenvalue weighted by Gasteiger charge is 2.11. The van der Waals surface area contributed by atoms with Gasteiger partial charge in [-0.1, -0.05) is 0 Å². The number of rotatable bonds is 4. The summed E-state index contributed by atoms with van der Waals surface area (Å²) in [5.41, 5.74) is 2.45. The van der Waals surface area contributed by atoms with Crippen molar-refractivity contribution in [1.29, 1.82) is 0 Å². The molecule has 0 radical (unpaired) electrons. The van der Waals surface area contributed by atoms with Crippen LogP contribution in [0.5, 0.6) is 5.75 Å². The summed E-state index contributed by atoms with van der Waals surface area (Å²) in [5.74, 6) is -0.352. The first-order chi connectivity index (χ1) is 11.0. The normalized spacial score (nSPS) is 11.0. The van der Waals surface area contributed by atoms with Crippen LogP contribution in [0.1, 0.15) is 16.1 Å². The van der Waals surface area contributed by atoms with Crippen molar-refractivity contribution in [3.63, 3.8) is 0 Å². The molecular weight excluding hydrogens is 304 g/mol. The van der Waals surface area contributed by atoms with Crippen LogP contribution in [0.25, 0.3) is 5.65 Å². The fourth-order valence-electron chi connectivity index (χ4n) is 2.11. The third kappa shape index (κ3) is 3.45. The SMILES string of the molecule is Cc1ccn2cc(C(=O)Nc3ccc(OC(F)F)cc3)nc2c1. The lowest BCUT2D eigenvalue weighted by Crippen LogP contribution is -2.12. The number of nitrogens with one attached hydrogen (secondary N) is 1. The number of benzene rings is 1. The second kappa shape index (κ2) is 6.04. The summed E-state index contributed by atoms with van der Waals surface area (Å²) in [7, 11) is 0. The van der Waals surface area contributed by atoms with Crippen molar-refractivity contribution in [2.24, 2.45) is 0 Å². The van der Waals surface area contributed by atoms with Gasteiger partial charge in [-0.25, -0.2) is 4.98 Å². The molecule has 0 atom stereocenters. The quantitative estimate of drug-likeness (QED) is 0.801. The summed E-state index contributed by atoms with van der Waals surface area (Å²) >= 11 is 0. The van der Waals surface area contributed by atoms with Gasteiger partial charge in [0.05, 0.1) is 0 Å². The number of imidazole rings is 1. The molecule has 118 valence electrons. The third-order valence-corrected chi connectivity index (χ3v) is 3.19. The Morgan fingerprint density at radius 3 is 2.70 bits per heavy atom.